The molecule has 0 radical (unpaired) electrons. The highest BCUT2D eigenvalue weighted by molar-refractivity contribution is 6.29. The smallest absolute Gasteiger partial charge is 0.437 e. The summed E-state index contributed by atoms with van der Waals surface area (Å²) in [4.78, 5) is 16.0. The number of carbonyl (C=O) groups is 1. The number of aromatic nitrogens is 1. The lowest BCUT2D eigenvalue weighted by Crippen LogP contribution is -2.29. The van der Waals surface area contributed by atoms with Crippen LogP contribution in [0.5, 0.6) is 5.75 Å². The lowest BCUT2D eigenvalue weighted by molar-refractivity contribution is -0.143. The Kier molecular flexibility index (Phi) is 4.08. The van der Waals surface area contributed by atoms with Gasteiger partial charge in [-0.3, -0.25) is 4.79 Å². The first-order chi connectivity index (χ1) is 9.27. The number of halogens is 4. The van der Waals surface area contributed by atoms with Crippen molar-refractivity contribution in [2.45, 2.75) is 25.6 Å². The third kappa shape index (κ3) is 3.33. The minimum Gasteiger partial charge on any atom is -0.486 e. The lowest BCUT2D eigenvalue weighted by Gasteiger charge is -2.18. The number of carbonyl (C=O) groups excluding carboxylic acids is 1. The molecule has 2 heterocycles. The molecule has 8 heteroatoms. The Morgan fingerprint density at radius 3 is 2.75 bits per heavy atom. The molecule has 0 N–H and O–H groups in total. The van der Waals surface area contributed by atoms with Gasteiger partial charge >= 0.3 is 6.18 Å². The van der Waals surface area contributed by atoms with E-state index < -0.39 is 18.0 Å². The molecule has 20 heavy (non-hydrogen) atoms. The van der Waals surface area contributed by atoms with Crippen molar-refractivity contribution in [2.75, 3.05) is 13.1 Å². The molecule has 0 spiro atoms. The van der Waals surface area contributed by atoms with E-state index in [1.165, 1.54) is 17.9 Å². The van der Waals surface area contributed by atoms with Crippen molar-refractivity contribution in [1.29, 1.82) is 0 Å². The van der Waals surface area contributed by atoms with E-state index in [9.17, 15) is 18.0 Å². The van der Waals surface area contributed by atoms with Crippen LogP contribution in [0.2, 0.25) is 5.15 Å². The van der Waals surface area contributed by atoms with Gasteiger partial charge in [-0.2, -0.15) is 13.2 Å². The van der Waals surface area contributed by atoms with Gasteiger partial charge in [0.15, 0.2) is 11.4 Å². The first kappa shape index (κ1) is 14.9. The van der Waals surface area contributed by atoms with Crippen molar-refractivity contribution in [1.82, 2.24) is 9.88 Å². The molecule has 2 rings (SSSR count). The summed E-state index contributed by atoms with van der Waals surface area (Å²) in [6.07, 6.45) is -4.62. The van der Waals surface area contributed by atoms with Crippen LogP contribution in [0.1, 0.15) is 19.0 Å². The number of pyridine rings is 1. The average molecular weight is 309 g/mol. The molecular weight excluding hydrogens is 297 g/mol. The SMILES string of the molecule is CC(=O)N1CCC(Oc2ccc(Cl)nc2C(F)(F)F)C1. The van der Waals surface area contributed by atoms with E-state index >= 15 is 0 Å². The molecule has 0 aliphatic carbocycles. The van der Waals surface area contributed by atoms with Crippen LogP contribution < -0.4 is 4.74 Å². The van der Waals surface area contributed by atoms with E-state index in [4.69, 9.17) is 16.3 Å². The largest absolute Gasteiger partial charge is 0.486 e. The van der Waals surface area contributed by atoms with Crippen LogP contribution in [0.15, 0.2) is 12.1 Å². The topological polar surface area (TPSA) is 42.4 Å². The van der Waals surface area contributed by atoms with Gasteiger partial charge in [-0.1, -0.05) is 11.6 Å². The van der Waals surface area contributed by atoms with Gasteiger partial charge in [0.05, 0.1) is 6.54 Å². The van der Waals surface area contributed by atoms with Crippen LogP contribution in [-0.2, 0) is 11.0 Å². The number of ether oxygens (including phenoxy) is 1. The van der Waals surface area contributed by atoms with Crippen LogP contribution >= 0.6 is 11.6 Å². The fourth-order valence-electron chi connectivity index (χ4n) is 2.01. The average Bonchev–Trinajstić information content (AvgIpc) is 2.79. The Morgan fingerprint density at radius 2 is 2.20 bits per heavy atom. The fourth-order valence-corrected chi connectivity index (χ4v) is 2.16. The minimum atomic E-state index is -4.64. The first-order valence-electron chi connectivity index (χ1n) is 5.93. The van der Waals surface area contributed by atoms with Crippen molar-refractivity contribution in [3.05, 3.63) is 23.0 Å². The molecule has 1 unspecified atom stereocenters. The molecule has 1 atom stereocenters. The van der Waals surface area contributed by atoms with Crippen molar-refractivity contribution >= 4 is 17.5 Å². The Balaban J connectivity index is 2.16. The monoisotopic (exact) mass is 308 g/mol. The molecule has 0 saturated carbocycles. The summed E-state index contributed by atoms with van der Waals surface area (Å²) < 4.78 is 43.9. The zero-order valence-electron chi connectivity index (χ0n) is 10.6. The molecule has 110 valence electrons. The van der Waals surface area contributed by atoms with E-state index in [0.717, 1.165) is 6.07 Å². The van der Waals surface area contributed by atoms with Gasteiger partial charge in [-0.25, -0.2) is 4.98 Å². The molecule has 0 bridgehead atoms. The van der Waals surface area contributed by atoms with Gasteiger partial charge in [-0.05, 0) is 12.1 Å². The van der Waals surface area contributed by atoms with Crippen LogP contribution in [0, 0.1) is 0 Å². The van der Waals surface area contributed by atoms with Crippen molar-refractivity contribution in [3.63, 3.8) is 0 Å². The van der Waals surface area contributed by atoms with Crippen LogP contribution in [0.3, 0.4) is 0 Å². The summed E-state index contributed by atoms with van der Waals surface area (Å²) in [5.41, 5.74) is -1.15. The predicted molar refractivity (Wildman–Crippen MR) is 65.5 cm³/mol. The third-order valence-corrected chi connectivity index (χ3v) is 3.19. The molecule has 1 aromatic rings. The maximum absolute atomic E-state index is 12.8. The molecule has 1 aliphatic heterocycles. The van der Waals surface area contributed by atoms with Gasteiger partial charge in [0, 0.05) is 19.9 Å². The predicted octanol–water partition coefficient (Wildman–Crippen LogP) is 2.75. The van der Waals surface area contributed by atoms with Gasteiger partial charge in [-0.15, -0.1) is 0 Å². The van der Waals surface area contributed by atoms with Crippen LogP contribution in [0.4, 0.5) is 13.2 Å². The Morgan fingerprint density at radius 1 is 1.50 bits per heavy atom. The second kappa shape index (κ2) is 5.47. The maximum atomic E-state index is 12.8. The van der Waals surface area contributed by atoms with E-state index in [1.54, 1.807) is 0 Å². The number of hydrogen-bond donors (Lipinski definition) is 0. The van der Waals surface area contributed by atoms with E-state index in [-0.39, 0.29) is 23.4 Å². The van der Waals surface area contributed by atoms with E-state index in [0.29, 0.717) is 13.0 Å². The van der Waals surface area contributed by atoms with Crippen LogP contribution in [-0.4, -0.2) is 35.0 Å². The highest BCUT2D eigenvalue weighted by Crippen LogP contribution is 2.36. The van der Waals surface area contributed by atoms with Gasteiger partial charge in [0.2, 0.25) is 5.91 Å². The molecule has 1 aromatic heterocycles. The summed E-state index contributed by atoms with van der Waals surface area (Å²) in [6, 6.07) is 2.39. The Bertz CT molecular complexity index is 522. The number of likely N-dealkylation sites (tertiary alicyclic amines) is 1. The Hall–Kier alpha value is -1.50. The molecule has 1 amide bonds. The van der Waals surface area contributed by atoms with Crippen molar-refractivity contribution < 1.29 is 22.7 Å². The second-order valence-electron chi connectivity index (χ2n) is 4.47. The highest BCUT2D eigenvalue weighted by Gasteiger charge is 2.38. The molecule has 1 saturated heterocycles. The molecular formula is C12H12ClF3N2O2. The summed E-state index contributed by atoms with van der Waals surface area (Å²) in [7, 11) is 0. The van der Waals surface area contributed by atoms with Gasteiger partial charge in [0.1, 0.15) is 11.3 Å². The summed E-state index contributed by atoms with van der Waals surface area (Å²) in [6.45, 7) is 2.16. The lowest BCUT2D eigenvalue weighted by atomic mass is 10.3. The number of nitrogens with zero attached hydrogens (tertiary/aromatic N) is 2. The fraction of sp³-hybridized carbons (Fsp3) is 0.500. The maximum Gasteiger partial charge on any atom is 0.437 e. The van der Waals surface area contributed by atoms with E-state index in [1.807, 2.05) is 0 Å². The molecule has 1 fully saturated rings. The quantitative estimate of drug-likeness (QED) is 0.789. The number of alkyl halides is 3. The normalized spacial score (nSPS) is 19.2. The van der Waals surface area contributed by atoms with Gasteiger partial charge < -0.3 is 9.64 Å². The number of hydrogen-bond acceptors (Lipinski definition) is 3. The number of rotatable bonds is 2. The summed E-state index contributed by atoms with van der Waals surface area (Å²) in [5, 5.41) is -0.249. The standard InChI is InChI=1S/C12H12ClF3N2O2/c1-7(19)18-5-4-8(6-18)20-9-2-3-10(13)17-11(9)12(14,15)16/h2-3,8H,4-6H2,1H3. The summed E-state index contributed by atoms with van der Waals surface area (Å²) in [5.74, 6) is -0.487. The van der Waals surface area contributed by atoms with E-state index in [2.05, 4.69) is 4.98 Å². The number of amides is 1. The molecule has 4 nitrogen and oxygen atoms in total. The summed E-state index contributed by atoms with van der Waals surface area (Å²) >= 11 is 5.48. The zero-order chi connectivity index (χ0) is 14.9. The minimum absolute atomic E-state index is 0.124. The highest BCUT2D eigenvalue weighted by atomic mass is 35.5. The molecule has 0 aromatic carbocycles. The molecule has 1 aliphatic rings. The second-order valence-corrected chi connectivity index (χ2v) is 4.86. The van der Waals surface area contributed by atoms with Gasteiger partial charge in [0.25, 0.3) is 0 Å². The Labute approximate surface area is 118 Å². The van der Waals surface area contributed by atoms with Crippen LogP contribution in [0.25, 0.3) is 0 Å². The van der Waals surface area contributed by atoms with Crippen molar-refractivity contribution in [3.8, 4) is 5.75 Å². The third-order valence-electron chi connectivity index (χ3n) is 2.98. The first-order valence-corrected chi connectivity index (χ1v) is 6.31. The van der Waals surface area contributed by atoms with Crippen molar-refractivity contribution in [2.24, 2.45) is 0 Å². The zero-order valence-corrected chi connectivity index (χ0v) is 11.3.